The van der Waals surface area contributed by atoms with Crippen molar-refractivity contribution >= 4 is 44.8 Å². The highest BCUT2D eigenvalue weighted by molar-refractivity contribution is 7.86. The van der Waals surface area contributed by atoms with Gasteiger partial charge in [0.25, 0.3) is 22.0 Å². The van der Waals surface area contributed by atoms with E-state index < -0.39 is 75.2 Å². The number of hydrogen-bond acceptors (Lipinski definition) is 14. The van der Waals surface area contributed by atoms with Gasteiger partial charge < -0.3 is 45.3 Å². The Morgan fingerprint density at radius 1 is 1.06 bits per heavy atom. The van der Waals surface area contributed by atoms with Gasteiger partial charge in [-0.1, -0.05) is 39.8 Å². The lowest BCUT2D eigenvalue weighted by Gasteiger charge is -2.40. The van der Waals surface area contributed by atoms with E-state index in [0.717, 1.165) is 53.1 Å². The first-order valence-corrected chi connectivity index (χ1v) is 25.6. The molecule has 3 saturated heterocycles. The van der Waals surface area contributed by atoms with E-state index in [1.54, 1.807) is 33.2 Å². The number of nitrogens with two attached hydrogens (primary N) is 1. The standard InChI is InChI=1S/C50H67N9O11S/c1-8-58-41-11-10-32-22-37(41)38(43(58)39-24-52-15-12-33(39)27-69-7)23-48(4,5)29-70-47(64)50(66)13-9-16-59(54-50)45(62)40(20-31-18-34(32)21-36(60)19-31)53-44(61)42(30(2)3)55(6)46(63)49(65)14-17-56(28-49)71(67,68)57-25-35(51)26-57/h10-12,15,18-19,21-22,24,30,35,40,42,54,60,65-66H,8-9,13-14,16-17,20,23,25-29,51H2,1-7H3,(H,53,61)/t40-,42-,49-,50-/m0/s1. The zero-order valence-electron chi connectivity index (χ0n) is 41.5. The van der Waals surface area contributed by atoms with Crippen LogP contribution in [0.1, 0.15) is 70.6 Å². The Hall–Kier alpha value is -5.52. The number of likely N-dealkylation sites (N-methyl/N-ethyl adjacent to an activating group) is 1. The average Bonchev–Trinajstić information content (AvgIpc) is 3.86. The molecule has 21 heteroatoms. The van der Waals surface area contributed by atoms with Crippen molar-refractivity contribution in [3.8, 4) is 28.1 Å². The third kappa shape index (κ3) is 10.1. The predicted molar refractivity (Wildman–Crippen MR) is 263 cm³/mol. The number of hydrazine groups is 1. The highest BCUT2D eigenvalue weighted by Crippen LogP contribution is 2.42. The molecule has 0 saturated carbocycles. The Morgan fingerprint density at radius 3 is 2.49 bits per heavy atom. The lowest BCUT2D eigenvalue weighted by molar-refractivity contribution is -0.189. The first kappa shape index (κ1) is 51.8. The van der Waals surface area contributed by atoms with Crippen LogP contribution in [0.2, 0.25) is 0 Å². The van der Waals surface area contributed by atoms with Gasteiger partial charge in [0.05, 0.1) is 25.5 Å². The summed E-state index contributed by atoms with van der Waals surface area (Å²) in [5.74, 6) is -4.03. The van der Waals surface area contributed by atoms with Gasteiger partial charge in [-0.3, -0.25) is 24.4 Å². The van der Waals surface area contributed by atoms with Crippen LogP contribution in [0.15, 0.2) is 54.9 Å². The molecule has 2 aromatic heterocycles. The zero-order chi connectivity index (χ0) is 51.4. The third-order valence-corrected chi connectivity index (χ3v) is 16.1. The Bertz CT molecular complexity index is 2830. The smallest absolute Gasteiger partial charge is 0.355 e. The van der Waals surface area contributed by atoms with Crippen LogP contribution in [0.3, 0.4) is 0 Å². The number of benzene rings is 2. The van der Waals surface area contributed by atoms with Crippen LogP contribution in [0, 0.1) is 11.3 Å². The summed E-state index contributed by atoms with van der Waals surface area (Å²) in [5.41, 5.74) is 9.84. The molecule has 71 heavy (non-hydrogen) atoms. The molecule has 0 spiro atoms. The summed E-state index contributed by atoms with van der Waals surface area (Å²) in [7, 11) is -1.02. The molecule has 20 nitrogen and oxygen atoms in total. The van der Waals surface area contributed by atoms with E-state index in [4.69, 9.17) is 15.2 Å². The van der Waals surface area contributed by atoms with Crippen LogP contribution < -0.4 is 16.5 Å². The van der Waals surface area contributed by atoms with Crippen molar-refractivity contribution < 1.29 is 52.4 Å². The van der Waals surface area contributed by atoms with Gasteiger partial charge in [-0.2, -0.15) is 22.5 Å². The van der Waals surface area contributed by atoms with Crippen LogP contribution in [0.25, 0.3) is 33.3 Å². The van der Waals surface area contributed by atoms with Gasteiger partial charge in [-0.25, -0.2) is 4.79 Å². The van der Waals surface area contributed by atoms with Gasteiger partial charge in [0.1, 0.15) is 17.8 Å². The number of amides is 3. The predicted octanol–water partition coefficient (Wildman–Crippen LogP) is 2.02. The van der Waals surface area contributed by atoms with Crippen LogP contribution in [-0.2, 0) is 64.9 Å². The zero-order valence-corrected chi connectivity index (χ0v) is 42.3. The fourth-order valence-electron chi connectivity index (χ4n) is 10.6. The van der Waals surface area contributed by atoms with Crippen LogP contribution in [-0.4, -0.2) is 158 Å². The Kier molecular flexibility index (Phi) is 14.5. The van der Waals surface area contributed by atoms with Crippen molar-refractivity contribution in [3.63, 3.8) is 0 Å². The molecule has 4 atom stereocenters. The lowest BCUT2D eigenvalue weighted by atomic mass is 9.84. The molecule has 7 N–H and O–H groups in total. The van der Waals surface area contributed by atoms with Crippen molar-refractivity contribution in [2.45, 2.75) is 109 Å². The molecule has 2 aromatic carbocycles. The molecule has 3 fully saturated rings. The highest BCUT2D eigenvalue weighted by atomic mass is 32.2. The second-order valence-electron chi connectivity index (χ2n) is 20.7. The fourth-order valence-corrected chi connectivity index (χ4v) is 12.3. The Balaban J connectivity index is 1.17. The third-order valence-electron chi connectivity index (χ3n) is 14.2. The van der Waals surface area contributed by atoms with Crippen LogP contribution >= 0.6 is 0 Å². The van der Waals surface area contributed by atoms with Crippen LogP contribution in [0.4, 0.5) is 0 Å². The van der Waals surface area contributed by atoms with Gasteiger partial charge >= 0.3 is 5.97 Å². The molecule has 0 aliphatic carbocycles. The number of ether oxygens (including phenoxy) is 2. The molecule has 4 aliphatic rings. The average molecular weight is 1000 g/mol. The van der Waals surface area contributed by atoms with Crippen molar-refractivity contribution in [3.05, 3.63) is 71.5 Å². The van der Waals surface area contributed by atoms with Crippen molar-refractivity contribution in [2.75, 3.05) is 53.5 Å². The number of phenolic OH excluding ortho intramolecular Hbond substituents is 1. The number of rotatable bonds is 11. The molecule has 0 radical (unpaired) electrons. The SMILES string of the molecule is CCn1c(-c2cnccc2COC)c2c3cc(ccc31)-c1cc(O)cc(c1)C[C@H](NC(=O)[C@H](C(C)C)N(C)C(=O)[C@]1(O)CCN(S(=O)(=O)N3CC(N)C3)C1)C(=O)N1CCC[C@@](O)(N1)C(=O)OCC(C)(C)C2. The summed E-state index contributed by atoms with van der Waals surface area (Å²) < 4.78 is 42.6. The van der Waals surface area contributed by atoms with E-state index in [1.165, 1.54) is 17.4 Å². The largest absolute Gasteiger partial charge is 0.508 e. The van der Waals surface area contributed by atoms with Crippen molar-refractivity contribution in [2.24, 2.45) is 17.1 Å². The molecular weight excluding hydrogens is 935 g/mol. The van der Waals surface area contributed by atoms with E-state index in [0.29, 0.717) is 30.7 Å². The number of aryl methyl sites for hydroxylation is 1. The molecule has 4 aliphatic heterocycles. The number of methoxy groups -OCH3 is 1. The maximum Gasteiger partial charge on any atom is 0.355 e. The molecule has 4 aromatic rings. The summed E-state index contributed by atoms with van der Waals surface area (Å²) in [5, 5.41) is 39.8. The minimum Gasteiger partial charge on any atom is -0.508 e. The Labute approximate surface area is 414 Å². The number of aromatic hydroxyl groups is 1. The monoisotopic (exact) mass is 1000 g/mol. The fraction of sp³-hybridized carbons (Fsp3) is 0.540. The summed E-state index contributed by atoms with van der Waals surface area (Å²) in [6.45, 7) is 9.85. The molecule has 6 heterocycles. The molecule has 8 rings (SSSR count). The van der Waals surface area contributed by atoms with Gasteiger partial charge in [0, 0.05) is 106 Å². The molecule has 3 amide bonds. The first-order valence-electron chi connectivity index (χ1n) is 24.2. The Morgan fingerprint density at radius 2 is 1.80 bits per heavy atom. The summed E-state index contributed by atoms with van der Waals surface area (Å²) in [6, 6.07) is 9.92. The number of carbonyl (C=O) groups excluding carboxylic acids is 4. The number of β-amino-alcohol motifs (C(OH)–C–C–N with tert-alkyl or cyclic N) is 1. The number of phenols is 1. The van der Waals surface area contributed by atoms with Crippen LogP contribution in [0.5, 0.6) is 5.75 Å². The normalized spacial score (nSPS) is 24.1. The van der Waals surface area contributed by atoms with E-state index in [2.05, 4.69) is 33.3 Å². The summed E-state index contributed by atoms with van der Waals surface area (Å²) >= 11 is 0. The maximum atomic E-state index is 14.8. The van der Waals surface area contributed by atoms with Gasteiger partial charge in [0.15, 0.2) is 5.60 Å². The molecule has 0 unspecified atom stereocenters. The summed E-state index contributed by atoms with van der Waals surface area (Å²) in [4.78, 5) is 63.3. The quantitative estimate of drug-likeness (QED) is 0.118. The van der Waals surface area contributed by atoms with E-state index in [1.807, 2.05) is 44.3 Å². The number of aromatic nitrogens is 2. The van der Waals surface area contributed by atoms with Crippen molar-refractivity contribution in [1.29, 1.82) is 0 Å². The lowest BCUT2D eigenvalue weighted by Crippen LogP contribution is -2.67. The minimum atomic E-state index is -4.00. The number of nitrogens with one attached hydrogen (secondary N) is 2. The number of hydrogen-bond donors (Lipinski definition) is 6. The second kappa shape index (κ2) is 19.8. The number of esters is 1. The van der Waals surface area contributed by atoms with E-state index in [-0.39, 0.29) is 70.3 Å². The first-order chi connectivity index (χ1) is 33.5. The van der Waals surface area contributed by atoms with Gasteiger partial charge in [-0.05, 0) is 83.8 Å². The molecule has 384 valence electrons. The number of nitrogens with zero attached hydrogens (tertiary/aromatic N) is 6. The molecular formula is C50H67N9O11S. The topological polar surface area (TPSA) is 262 Å². The number of fused-ring (bicyclic) bond motifs is 6. The minimum absolute atomic E-state index is 0.0404. The summed E-state index contributed by atoms with van der Waals surface area (Å²) in [6.07, 6.45) is 3.67. The second-order valence-corrected chi connectivity index (χ2v) is 22.6. The van der Waals surface area contributed by atoms with Gasteiger partial charge in [-0.15, -0.1) is 0 Å². The number of pyridine rings is 1. The van der Waals surface area contributed by atoms with Gasteiger partial charge in [0.2, 0.25) is 11.6 Å². The van der Waals surface area contributed by atoms with E-state index >= 15 is 0 Å². The van der Waals surface area contributed by atoms with Crippen molar-refractivity contribution in [1.82, 2.24) is 38.8 Å². The highest BCUT2D eigenvalue weighted by Gasteiger charge is 2.52. The number of aliphatic hydroxyl groups is 2. The molecule has 6 bridgehead atoms. The maximum absolute atomic E-state index is 14.8. The number of cyclic esters (lactones) is 1. The number of carbonyl (C=O) groups is 4. The van der Waals surface area contributed by atoms with E-state index in [9.17, 15) is 42.9 Å².